The summed E-state index contributed by atoms with van der Waals surface area (Å²) in [5.41, 5.74) is 0. The van der Waals surface area contributed by atoms with Gasteiger partial charge in [0.05, 0.1) is 4.34 Å². The zero-order valence-electron chi connectivity index (χ0n) is 12.8. The van der Waals surface area contributed by atoms with Crippen molar-refractivity contribution in [3.63, 3.8) is 0 Å². The van der Waals surface area contributed by atoms with Crippen molar-refractivity contribution in [2.45, 2.75) is 26.4 Å². The topological polar surface area (TPSA) is 47.9 Å². The van der Waals surface area contributed by atoms with Crippen LogP contribution in [0.25, 0.3) is 0 Å². The smallest absolute Gasteiger partial charge is 0.193 e. The Hall–Kier alpha value is -0.780. The quantitative estimate of drug-likeness (QED) is 0.662. The van der Waals surface area contributed by atoms with E-state index in [0.717, 1.165) is 23.9 Å². The number of hydrogen-bond acceptors (Lipinski definition) is 3. The summed E-state index contributed by atoms with van der Waals surface area (Å²) in [5.74, 6) is 2.22. The van der Waals surface area contributed by atoms with Crippen LogP contribution in [0.15, 0.2) is 17.1 Å². The van der Waals surface area contributed by atoms with Gasteiger partial charge in [0.25, 0.3) is 0 Å². The molecule has 3 unspecified atom stereocenters. The molecular weight excluding hydrogens is 306 g/mol. The highest BCUT2D eigenvalue weighted by Crippen LogP contribution is 2.26. The monoisotopic (exact) mass is 329 g/mol. The van der Waals surface area contributed by atoms with Gasteiger partial charge in [-0.25, -0.2) is 0 Å². The van der Waals surface area contributed by atoms with E-state index in [0.29, 0.717) is 22.7 Å². The van der Waals surface area contributed by atoms with E-state index in [2.05, 4.69) is 29.1 Å². The highest BCUT2D eigenvalue weighted by Gasteiger charge is 2.24. The zero-order valence-corrected chi connectivity index (χ0v) is 14.4. The molecule has 1 saturated heterocycles. The molecule has 21 heavy (non-hydrogen) atoms. The minimum atomic E-state index is -0.557. The molecule has 2 rings (SSSR count). The standard InChI is InChI=1S/C15H24ClN3OS/c1-10-6-11(2)9-19(8-10)15(17-3)18-7-12(20)13-4-5-14(16)21-13/h4-5,10-12,20H,6-9H2,1-3H3,(H,17,18). The van der Waals surface area contributed by atoms with E-state index in [1.165, 1.54) is 17.8 Å². The number of aliphatic hydroxyl groups excluding tert-OH is 1. The van der Waals surface area contributed by atoms with Crippen molar-refractivity contribution >= 4 is 28.9 Å². The van der Waals surface area contributed by atoms with Gasteiger partial charge in [-0.3, -0.25) is 4.99 Å². The third-order valence-corrected chi connectivity index (χ3v) is 5.09. The Kier molecular flexibility index (Phi) is 5.90. The lowest BCUT2D eigenvalue weighted by Gasteiger charge is -2.37. The van der Waals surface area contributed by atoms with Crippen LogP contribution in [0.3, 0.4) is 0 Å². The Morgan fingerprint density at radius 1 is 1.48 bits per heavy atom. The number of rotatable bonds is 3. The second-order valence-corrected chi connectivity index (χ2v) is 7.68. The molecule has 0 bridgehead atoms. The fraction of sp³-hybridized carbons (Fsp3) is 0.667. The summed E-state index contributed by atoms with van der Waals surface area (Å²) in [5, 5.41) is 13.5. The molecule has 2 heterocycles. The summed E-state index contributed by atoms with van der Waals surface area (Å²) in [6, 6.07) is 3.68. The van der Waals surface area contributed by atoms with Crippen LogP contribution in [0.4, 0.5) is 0 Å². The number of nitrogens with zero attached hydrogens (tertiary/aromatic N) is 2. The molecule has 1 aliphatic heterocycles. The van der Waals surface area contributed by atoms with Crippen molar-refractivity contribution in [3.8, 4) is 0 Å². The first-order chi connectivity index (χ1) is 9.99. The van der Waals surface area contributed by atoms with Gasteiger partial charge in [0, 0.05) is 31.6 Å². The fourth-order valence-corrected chi connectivity index (χ4v) is 4.01. The van der Waals surface area contributed by atoms with Crippen molar-refractivity contribution in [2.24, 2.45) is 16.8 Å². The Bertz CT molecular complexity index is 481. The minimum absolute atomic E-state index is 0.447. The number of halogens is 1. The highest BCUT2D eigenvalue weighted by molar-refractivity contribution is 7.16. The number of aliphatic hydroxyl groups is 1. The number of piperidine rings is 1. The van der Waals surface area contributed by atoms with Gasteiger partial charge < -0.3 is 15.3 Å². The molecule has 2 N–H and O–H groups in total. The number of guanidine groups is 1. The molecule has 4 nitrogen and oxygen atoms in total. The number of likely N-dealkylation sites (tertiary alicyclic amines) is 1. The molecule has 1 aliphatic rings. The Morgan fingerprint density at radius 2 is 2.14 bits per heavy atom. The van der Waals surface area contributed by atoms with E-state index in [4.69, 9.17) is 11.6 Å². The van der Waals surface area contributed by atoms with E-state index in [9.17, 15) is 5.11 Å². The summed E-state index contributed by atoms with van der Waals surface area (Å²) >= 11 is 7.32. The van der Waals surface area contributed by atoms with Gasteiger partial charge in [-0.1, -0.05) is 25.4 Å². The van der Waals surface area contributed by atoms with E-state index in [-0.39, 0.29) is 0 Å². The molecule has 118 valence electrons. The van der Waals surface area contributed by atoms with Crippen LogP contribution >= 0.6 is 22.9 Å². The Morgan fingerprint density at radius 3 is 2.67 bits per heavy atom. The second-order valence-electron chi connectivity index (χ2n) is 5.94. The molecule has 6 heteroatoms. The van der Waals surface area contributed by atoms with Crippen molar-refractivity contribution in [3.05, 3.63) is 21.3 Å². The summed E-state index contributed by atoms with van der Waals surface area (Å²) in [4.78, 5) is 7.51. The molecule has 0 saturated carbocycles. The SMILES string of the molecule is CN=C(NCC(O)c1ccc(Cl)s1)N1CC(C)CC(C)C1. The van der Waals surface area contributed by atoms with Crippen LogP contribution in [0.5, 0.6) is 0 Å². The molecule has 1 aromatic heterocycles. The summed E-state index contributed by atoms with van der Waals surface area (Å²) in [6.45, 7) is 7.04. The molecule has 0 radical (unpaired) electrons. The molecule has 3 atom stereocenters. The van der Waals surface area contributed by atoms with E-state index in [1.54, 1.807) is 7.05 Å². The third-order valence-electron chi connectivity index (χ3n) is 3.76. The molecule has 1 aromatic rings. The van der Waals surface area contributed by atoms with Crippen LogP contribution in [0.2, 0.25) is 4.34 Å². The normalized spacial score (nSPS) is 25.0. The van der Waals surface area contributed by atoms with Gasteiger partial charge in [0.15, 0.2) is 5.96 Å². The first-order valence-corrected chi connectivity index (χ1v) is 8.58. The first-order valence-electron chi connectivity index (χ1n) is 7.38. The zero-order chi connectivity index (χ0) is 15.4. The molecule has 0 spiro atoms. The Balaban J connectivity index is 1.90. The predicted octanol–water partition coefficient (Wildman–Crippen LogP) is 2.99. The number of hydrogen-bond donors (Lipinski definition) is 2. The van der Waals surface area contributed by atoms with Crippen molar-refractivity contribution < 1.29 is 5.11 Å². The first kappa shape index (κ1) is 16.6. The molecular formula is C15H24ClN3OS. The average molecular weight is 330 g/mol. The van der Waals surface area contributed by atoms with Crippen LogP contribution in [-0.2, 0) is 0 Å². The molecule has 0 aliphatic carbocycles. The lowest BCUT2D eigenvalue weighted by atomic mass is 9.92. The van der Waals surface area contributed by atoms with Gasteiger partial charge >= 0.3 is 0 Å². The van der Waals surface area contributed by atoms with Gasteiger partial charge in [-0.15, -0.1) is 11.3 Å². The molecule has 0 aromatic carbocycles. The molecule has 1 fully saturated rings. The average Bonchev–Trinajstić information content (AvgIpc) is 2.85. The highest BCUT2D eigenvalue weighted by atomic mass is 35.5. The fourth-order valence-electron chi connectivity index (χ4n) is 2.96. The van der Waals surface area contributed by atoms with Crippen molar-refractivity contribution in [1.82, 2.24) is 10.2 Å². The van der Waals surface area contributed by atoms with E-state index >= 15 is 0 Å². The number of thiophene rings is 1. The van der Waals surface area contributed by atoms with E-state index in [1.807, 2.05) is 12.1 Å². The van der Waals surface area contributed by atoms with Gasteiger partial charge in [-0.05, 0) is 30.4 Å². The van der Waals surface area contributed by atoms with E-state index < -0.39 is 6.10 Å². The molecule has 0 amide bonds. The minimum Gasteiger partial charge on any atom is -0.386 e. The maximum Gasteiger partial charge on any atom is 0.193 e. The predicted molar refractivity (Wildman–Crippen MR) is 90.2 cm³/mol. The van der Waals surface area contributed by atoms with Crippen molar-refractivity contribution in [1.29, 1.82) is 0 Å². The van der Waals surface area contributed by atoms with Crippen LogP contribution < -0.4 is 5.32 Å². The third kappa shape index (κ3) is 4.59. The number of aliphatic imine (C=N–C) groups is 1. The van der Waals surface area contributed by atoms with Crippen molar-refractivity contribution in [2.75, 3.05) is 26.7 Å². The Labute approximate surface area is 135 Å². The summed E-state index contributed by atoms with van der Waals surface area (Å²) in [7, 11) is 1.79. The van der Waals surface area contributed by atoms with Crippen LogP contribution in [-0.4, -0.2) is 42.6 Å². The summed E-state index contributed by atoms with van der Waals surface area (Å²) < 4.78 is 0.701. The second kappa shape index (κ2) is 7.47. The largest absolute Gasteiger partial charge is 0.386 e. The van der Waals surface area contributed by atoms with Gasteiger partial charge in [0.1, 0.15) is 6.10 Å². The van der Waals surface area contributed by atoms with Gasteiger partial charge in [0.2, 0.25) is 0 Å². The number of nitrogens with one attached hydrogen (secondary N) is 1. The van der Waals surface area contributed by atoms with Gasteiger partial charge in [-0.2, -0.15) is 0 Å². The van der Waals surface area contributed by atoms with Crippen LogP contribution in [0, 0.1) is 11.8 Å². The maximum atomic E-state index is 10.2. The lowest BCUT2D eigenvalue weighted by Crippen LogP contribution is -2.49. The summed E-state index contributed by atoms with van der Waals surface area (Å²) in [6.07, 6.45) is 0.711. The van der Waals surface area contributed by atoms with Crippen LogP contribution in [0.1, 0.15) is 31.2 Å². The lowest BCUT2D eigenvalue weighted by molar-refractivity contribution is 0.177. The maximum absolute atomic E-state index is 10.2.